The molecular weight excluding hydrogens is 389 g/mol. The van der Waals surface area contributed by atoms with E-state index in [0.29, 0.717) is 29.8 Å². The smallest absolute Gasteiger partial charge is 0.152 e. The molecule has 3 aromatic rings. The average molecular weight is 424 g/mol. The van der Waals surface area contributed by atoms with Crippen LogP contribution in [0.4, 0.5) is 15.9 Å². The van der Waals surface area contributed by atoms with Gasteiger partial charge >= 0.3 is 0 Å². The van der Waals surface area contributed by atoms with E-state index in [2.05, 4.69) is 55.3 Å². The third-order valence-electron chi connectivity index (χ3n) is 6.58. The Morgan fingerprint density at radius 3 is 2.55 bits per heavy atom. The van der Waals surface area contributed by atoms with Crippen LogP contribution in [0.25, 0.3) is 0 Å². The van der Waals surface area contributed by atoms with Crippen molar-refractivity contribution in [3.8, 4) is 0 Å². The number of aryl methyl sites for hydroxylation is 1. The molecule has 1 aliphatic carbocycles. The lowest BCUT2D eigenvalue weighted by atomic mass is 9.94. The number of H-pyrrole nitrogens is 1. The Hall–Kier alpha value is -2.56. The standard InChI is InChI=1S/C26H34FN3O/c1-6-16-10-11-20(25(27)19(16)7-2)28-24-15-21(29-30-24)17-8-9-18(14-17)22-12-13-23(31-22)26(3,4)5/h10-13,15,17-18H,6-9,14H2,1-5H3,(H2,28,29,30). The third kappa shape index (κ3) is 4.41. The molecule has 2 atom stereocenters. The van der Waals surface area contributed by atoms with Crippen LogP contribution in [-0.2, 0) is 18.3 Å². The van der Waals surface area contributed by atoms with Crippen molar-refractivity contribution in [2.24, 2.45) is 0 Å². The third-order valence-corrected chi connectivity index (χ3v) is 6.58. The molecule has 2 aromatic heterocycles. The van der Waals surface area contributed by atoms with Crippen LogP contribution >= 0.6 is 0 Å². The highest BCUT2D eigenvalue weighted by Gasteiger charge is 2.31. The summed E-state index contributed by atoms with van der Waals surface area (Å²) in [5, 5.41) is 10.7. The topological polar surface area (TPSA) is 53.9 Å². The number of aromatic nitrogens is 2. The van der Waals surface area contributed by atoms with E-state index in [-0.39, 0.29) is 11.2 Å². The highest BCUT2D eigenvalue weighted by molar-refractivity contribution is 5.59. The van der Waals surface area contributed by atoms with Gasteiger partial charge in [-0.2, -0.15) is 5.10 Å². The molecular formula is C26H34FN3O. The molecule has 5 heteroatoms. The number of nitrogens with zero attached hydrogens (tertiary/aromatic N) is 1. The van der Waals surface area contributed by atoms with E-state index in [4.69, 9.17) is 4.42 Å². The van der Waals surface area contributed by atoms with Gasteiger partial charge in [-0.1, -0.05) is 40.7 Å². The number of halogens is 1. The first-order chi connectivity index (χ1) is 14.8. The lowest BCUT2D eigenvalue weighted by molar-refractivity contribution is 0.369. The number of anilines is 2. The number of rotatable bonds is 6. The molecule has 0 spiro atoms. The molecule has 2 heterocycles. The summed E-state index contributed by atoms with van der Waals surface area (Å²) in [6.07, 6.45) is 4.76. The monoisotopic (exact) mass is 423 g/mol. The predicted molar refractivity (Wildman–Crippen MR) is 124 cm³/mol. The molecule has 0 saturated heterocycles. The van der Waals surface area contributed by atoms with Gasteiger partial charge in [-0.15, -0.1) is 0 Å². The van der Waals surface area contributed by atoms with Crippen LogP contribution in [0.3, 0.4) is 0 Å². The zero-order chi connectivity index (χ0) is 22.2. The van der Waals surface area contributed by atoms with Crippen LogP contribution in [-0.4, -0.2) is 10.2 Å². The van der Waals surface area contributed by atoms with Crippen molar-refractivity contribution >= 4 is 11.5 Å². The van der Waals surface area contributed by atoms with Crippen molar-refractivity contribution in [2.75, 3.05) is 5.32 Å². The van der Waals surface area contributed by atoms with Crippen LogP contribution in [0.15, 0.2) is 34.7 Å². The van der Waals surface area contributed by atoms with Gasteiger partial charge in [-0.3, -0.25) is 5.10 Å². The maximum atomic E-state index is 14.9. The molecule has 0 radical (unpaired) electrons. The zero-order valence-electron chi connectivity index (χ0n) is 19.3. The molecule has 2 N–H and O–H groups in total. The molecule has 1 aliphatic rings. The molecule has 4 rings (SSSR count). The minimum Gasteiger partial charge on any atom is -0.465 e. The van der Waals surface area contributed by atoms with Crippen LogP contribution in [0, 0.1) is 5.82 Å². The van der Waals surface area contributed by atoms with Gasteiger partial charge in [0.2, 0.25) is 0 Å². The number of furan rings is 1. The van der Waals surface area contributed by atoms with Crippen molar-refractivity contribution in [3.63, 3.8) is 0 Å². The molecule has 0 amide bonds. The Morgan fingerprint density at radius 2 is 1.87 bits per heavy atom. The van der Waals surface area contributed by atoms with E-state index in [1.54, 1.807) is 0 Å². The number of benzene rings is 1. The van der Waals surface area contributed by atoms with E-state index in [1.807, 2.05) is 25.1 Å². The van der Waals surface area contributed by atoms with Crippen LogP contribution < -0.4 is 5.32 Å². The zero-order valence-corrected chi connectivity index (χ0v) is 19.3. The van der Waals surface area contributed by atoms with Gasteiger partial charge in [0.25, 0.3) is 0 Å². The summed E-state index contributed by atoms with van der Waals surface area (Å²) in [5.74, 6) is 3.48. The first-order valence-electron chi connectivity index (χ1n) is 11.5. The van der Waals surface area contributed by atoms with Gasteiger partial charge < -0.3 is 9.73 Å². The summed E-state index contributed by atoms with van der Waals surface area (Å²) in [7, 11) is 0. The summed E-state index contributed by atoms with van der Waals surface area (Å²) < 4.78 is 21.1. The van der Waals surface area contributed by atoms with E-state index in [0.717, 1.165) is 54.0 Å². The van der Waals surface area contributed by atoms with Gasteiger partial charge in [-0.25, -0.2) is 4.39 Å². The van der Waals surface area contributed by atoms with E-state index in [1.165, 1.54) is 0 Å². The molecule has 0 bridgehead atoms. The summed E-state index contributed by atoms with van der Waals surface area (Å²) in [5.41, 5.74) is 3.48. The highest BCUT2D eigenvalue weighted by atomic mass is 19.1. The molecule has 31 heavy (non-hydrogen) atoms. The van der Waals surface area contributed by atoms with Gasteiger partial charge in [0.15, 0.2) is 5.82 Å². The van der Waals surface area contributed by atoms with E-state index < -0.39 is 0 Å². The summed E-state index contributed by atoms with van der Waals surface area (Å²) in [6, 6.07) is 10.1. The van der Waals surface area contributed by atoms with Crippen molar-refractivity contribution in [2.45, 2.75) is 84.0 Å². The van der Waals surface area contributed by atoms with Crippen molar-refractivity contribution < 1.29 is 8.81 Å². The Bertz CT molecular complexity index is 1040. The van der Waals surface area contributed by atoms with E-state index >= 15 is 0 Å². The second-order valence-corrected chi connectivity index (χ2v) is 9.76. The minimum absolute atomic E-state index is 0.0302. The van der Waals surface area contributed by atoms with Gasteiger partial charge in [-0.05, 0) is 61.4 Å². The average Bonchev–Trinajstić information content (AvgIpc) is 3.48. The number of nitrogens with one attached hydrogen (secondary N) is 2. The molecule has 1 fully saturated rings. The molecule has 0 aliphatic heterocycles. The number of aromatic amines is 1. The lowest BCUT2D eigenvalue weighted by Crippen LogP contribution is -2.09. The van der Waals surface area contributed by atoms with E-state index in [9.17, 15) is 4.39 Å². The quantitative estimate of drug-likeness (QED) is 0.435. The molecule has 1 aromatic carbocycles. The maximum absolute atomic E-state index is 14.9. The van der Waals surface area contributed by atoms with Crippen molar-refractivity contribution in [1.29, 1.82) is 0 Å². The number of hydrogen-bond donors (Lipinski definition) is 2. The fraction of sp³-hybridized carbons (Fsp3) is 0.500. The van der Waals surface area contributed by atoms with Crippen molar-refractivity contribution in [1.82, 2.24) is 10.2 Å². The second-order valence-electron chi connectivity index (χ2n) is 9.76. The van der Waals surface area contributed by atoms with Gasteiger partial charge in [0.05, 0.1) is 5.69 Å². The minimum atomic E-state index is -0.167. The Kier molecular flexibility index (Phi) is 5.96. The van der Waals surface area contributed by atoms with Crippen molar-refractivity contribution in [3.05, 3.63) is 64.5 Å². The Morgan fingerprint density at radius 1 is 1.10 bits per heavy atom. The summed E-state index contributed by atoms with van der Waals surface area (Å²) in [6.45, 7) is 10.6. The first-order valence-corrected chi connectivity index (χ1v) is 11.5. The SMILES string of the molecule is CCc1ccc(Nc2cc(C3CCC(c4ccc(C(C)(C)C)o4)C3)[nH]n2)c(F)c1CC. The van der Waals surface area contributed by atoms with Crippen LogP contribution in [0.2, 0.25) is 0 Å². The summed E-state index contributed by atoms with van der Waals surface area (Å²) >= 11 is 0. The van der Waals surface area contributed by atoms with Crippen LogP contribution in [0.1, 0.15) is 94.1 Å². The predicted octanol–water partition coefficient (Wildman–Crippen LogP) is 7.36. The molecule has 2 unspecified atom stereocenters. The lowest BCUT2D eigenvalue weighted by Gasteiger charge is -2.15. The largest absolute Gasteiger partial charge is 0.465 e. The fourth-order valence-electron chi connectivity index (χ4n) is 4.72. The first kappa shape index (κ1) is 21.7. The molecule has 166 valence electrons. The van der Waals surface area contributed by atoms with Gasteiger partial charge in [0, 0.05) is 29.0 Å². The molecule has 1 saturated carbocycles. The van der Waals surface area contributed by atoms with Gasteiger partial charge in [0.1, 0.15) is 17.3 Å². The number of hydrogen-bond acceptors (Lipinski definition) is 3. The second kappa shape index (κ2) is 8.52. The molecule has 4 nitrogen and oxygen atoms in total. The summed E-state index contributed by atoms with van der Waals surface area (Å²) in [4.78, 5) is 0. The maximum Gasteiger partial charge on any atom is 0.152 e. The Labute approximate surface area is 184 Å². The normalized spacial score (nSPS) is 19.2. The van der Waals surface area contributed by atoms with Crippen LogP contribution in [0.5, 0.6) is 0 Å². The Balaban J connectivity index is 1.45. The highest BCUT2D eigenvalue weighted by Crippen LogP contribution is 2.44. The fourth-order valence-corrected chi connectivity index (χ4v) is 4.72.